The summed E-state index contributed by atoms with van der Waals surface area (Å²) in [7, 11) is -4.32. The summed E-state index contributed by atoms with van der Waals surface area (Å²) in [4.78, 5) is 12.5. The highest BCUT2D eigenvalue weighted by atomic mass is 32.2. The summed E-state index contributed by atoms with van der Waals surface area (Å²) < 4.78 is 84.8. The van der Waals surface area contributed by atoms with Crippen LogP contribution in [-0.4, -0.2) is 48.7 Å². The van der Waals surface area contributed by atoms with Crippen molar-refractivity contribution in [1.82, 2.24) is 20.3 Å². The molecule has 14 heteroatoms. The third-order valence-electron chi connectivity index (χ3n) is 5.10. The van der Waals surface area contributed by atoms with Crippen LogP contribution < -0.4 is 20.5 Å². The van der Waals surface area contributed by atoms with Crippen LogP contribution in [0, 0.1) is 17.5 Å². The average Bonchev–Trinajstić information content (AvgIpc) is 2.80. The van der Waals surface area contributed by atoms with Gasteiger partial charge in [0, 0.05) is 49.6 Å². The first-order valence-electron chi connectivity index (χ1n) is 10.3. The van der Waals surface area contributed by atoms with Gasteiger partial charge in [0.15, 0.2) is 11.6 Å². The van der Waals surface area contributed by atoms with Crippen LogP contribution in [0.4, 0.5) is 23.5 Å². The quantitative estimate of drug-likeness (QED) is 0.325. The summed E-state index contributed by atoms with van der Waals surface area (Å²) >= 11 is 0. The fraction of sp³-hybridized carbons (Fsp3) is 0.286. The number of hydrogen-bond donors (Lipinski definition) is 3. The fourth-order valence-electron chi connectivity index (χ4n) is 3.55. The molecular formula is C21H20F4N6O3S. The van der Waals surface area contributed by atoms with Gasteiger partial charge in [0.25, 0.3) is 0 Å². The Morgan fingerprint density at radius 1 is 1.14 bits per heavy atom. The monoisotopic (exact) mass is 512 g/mol. The van der Waals surface area contributed by atoms with Crippen molar-refractivity contribution in [2.45, 2.75) is 24.4 Å². The van der Waals surface area contributed by atoms with E-state index in [0.29, 0.717) is 18.3 Å². The van der Waals surface area contributed by atoms with Crippen LogP contribution in [0.1, 0.15) is 12.0 Å². The van der Waals surface area contributed by atoms with Crippen molar-refractivity contribution in [2.24, 2.45) is 5.14 Å². The number of anilines is 1. The van der Waals surface area contributed by atoms with Gasteiger partial charge in [-0.3, -0.25) is 0 Å². The number of piperidine rings is 1. The van der Waals surface area contributed by atoms with Gasteiger partial charge in [0.1, 0.15) is 12.0 Å². The number of hydrogen-bond acceptors (Lipinski definition) is 8. The van der Waals surface area contributed by atoms with E-state index in [0.717, 1.165) is 0 Å². The first-order valence-corrected chi connectivity index (χ1v) is 12.1. The van der Waals surface area contributed by atoms with Crippen LogP contribution in [0.5, 0.6) is 11.6 Å². The molecule has 3 heterocycles. The topological polar surface area (TPSA) is 132 Å². The summed E-state index contributed by atoms with van der Waals surface area (Å²) in [5, 5.41) is 10.8. The summed E-state index contributed by atoms with van der Waals surface area (Å²) in [6.07, 6.45) is 2.02. The molecule has 9 nitrogen and oxygen atoms in total. The number of halogens is 4. The van der Waals surface area contributed by atoms with Crippen LogP contribution in [0.25, 0.3) is 11.3 Å². The number of alkyl halides is 1. The molecule has 1 saturated heterocycles. The van der Waals surface area contributed by atoms with Gasteiger partial charge in [-0.25, -0.2) is 41.7 Å². The molecule has 0 unspecified atom stereocenters. The third kappa shape index (κ3) is 6.01. The van der Waals surface area contributed by atoms with Crippen LogP contribution in [0.2, 0.25) is 0 Å². The number of pyridine rings is 1. The Hall–Kier alpha value is -3.36. The molecule has 3 aromatic rings. The fourth-order valence-corrected chi connectivity index (χ4v) is 4.22. The number of sulfonamides is 1. The minimum atomic E-state index is -4.32. The van der Waals surface area contributed by atoms with Crippen LogP contribution >= 0.6 is 0 Å². The second kappa shape index (κ2) is 10.1. The van der Waals surface area contributed by atoms with Crippen molar-refractivity contribution in [3.05, 3.63) is 59.7 Å². The average molecular weight is 512 g/mol. The summed E-state index contributed by atoms with van der Waals surface area (Å²) in [6.45, 7) is 0.795. The van der Waals surface area contributed by atoms with Gasteiger partial charge in [0.2, 0.25) is 27.7 Å². The molecule has 0 aliphatic carbocycles. The molecule has 186 valence electrons. The molecule has 1 fully saturated rings. The van der Waals surface area contributed by atoms with Gasteiger partial charge in [0.05, 0.1) is 17.0 Å². The van der Waals surface area contributed by atoms with E-state index in [1.807, 2.05) is 0 Å². The number of rotatable bonds is 7. The Morgan fingerprint density at radius 3 is 2.69 bits per heavy atom. The number of benzene rings is 1. The van der Waals surface area contributed by atoms with E-state index in [1.54, 1.807) is 6.07 Å². The molecule has 1 aliphatic rings. The minimum Gasteiger partial charge on any atom is -0.435 e. The maximum Gasteiger partial charge on any atom is 0.228 e. The lowest BCUT2D eigenvalue weighted by Crippen LogP contribution is -2.44. The van der Waals surface area contributed by atoms with Gasteiger partial charge in [-0.2, -0.15) is 4.39 Å². The van der Waals surface area contributed by atoms with E-state index in [-0.39, 0.29) is 36.4 Å². The minimum absolute atomic E-state index is 0.203. The van der Waals surface area contributed by atoms with Crippen molar-refractivity contribution in [2.75, 3.05) is 18.4 Å². The number of primary sulfonamides is 1. The lowest BCUT2D eigenvalue weighted by Gasteiger charge is -2.26. The second-order valence-electron chi connectivity index (χ2n) is 7.83. The Kier molecular flexibility index (Phi) is 7.14. The predicted molar refractivity (Wildman–Crippen MR) is 118 cm³/mol. The molecule has 1 aromatic carbocycles. The summed E-state index contributed by atoms with van der Waals surface area (Å²) in [5.74, 6) is -6.82. The molecule has 0 saturated carbocycles. The molecule has 4 rings (SSSR count). The van der Waals surface area contributed by atoms with E-state index in [4.69, 9.17) is 9.88 Å². The van der Waals surface area contributed by atoms with Gasteiger partial charge < -0.3 is 15.4 Å². The predicted octanol–water partition coefficient (Wildman–Crippen LogP) is 2.65. The second-order valence-corrected chi connectivity index (χ2v) is 9.44. The van der Waals surface area contributed by atoms with Crippen LogP contribution in [0.3, 0.4) is 0 Å². The van der Waals surface area contributed by atoms with E-state index >= 15 is 0 Å². The van der Waals surface area contributed by atoms with Crippen molar-refractivity contribution in [1.29, 1.82) is 0 Å². The third-order valence-corrected chi connectivity index (χ3v) is 5.80. The molecule has 0 spiro atoms. The van der Waals surface area contributed by atoms with Gasteiger partial charge in [-0.1, -0.05) is 0 Å². The van der Waals surface area contributed by atoms with Crippen LogP contribution in [0.15, 0.2) is 36.7 Å². The highest BCUT2D eigenvalue weighted by molar-refractivity contribution is 7.88. The Morgan fingerprint density at radius 2 is 1.94 bits per heavy atom. The number of ether oxygens (including phenoxy) is 1. The zero-order valence-electron chi connectivity index (χ0n) is 18.0. The first kappa shape index (κ1) is 24.8. The molecule has 1 aliphatic heterocycles. The zero-order valence-corrected chi connectivity index (χ0v) is 18.8. The largest absolute Gasteiger partial charge is 0.435 e. The highest BCUT2D eigenvalue weighted by Gasteiger charge is 2.25. The van der Waals surface area contributed by atoms with E-state index < -0.39 is 50.7 Å². The summed E-state index contributed by atoms with van der Waals surface area (Å²) in [5.41, 5.74) is -0.506. The molecule has 0 radical (unpaired) electrons. The van der Waals surface area contributed by atoms with E-state index in [2.05, 4.69) is 25.6 Å². The maximum atomic E-state index is 14.6. The number of nitrogens with one attached hydrogen (secondary N) is 2. The van der Waals surface area contributed by atoms with E-state index in [9.17, 15) is 26.0 Å². The molecular weight excluding hydrogens is 492 g/mol. The standard InChI is InChI=1S/C21H20F4N6O3S/c22-11-6-12(9-27-8-11)30-21-29-5-3-16(31-21)13-2-1-4-28-20(13)34-17-7-15(23)14(10-35(26,32)33)18(24)19(17)25/h1-5,7,11-12,27H,6,8-10H2,(H2,26,32,33)(H,29,30,31)/t11-,12-/m0/s1. The smallest absolute Gasteiger partial charge is 0.228 e. The van der Waals surface area contributed by atoms with Crippen molar-refractivity contribution >= 4 is 16.0 Å². The molecule has 35 heavy (non-hydrogen) atoms. The van der Waals surface area contributed by atoms with Gasteiger partial charge in [-0.15, -0.1) is 0 Å². The van der Waals surface area contributed by atoms with Crippen molar-refractivity contribution < 1.29 is 30.7 Å². The number of nitrogens with two attached hydrogens (primary N) is 1. The lowest BCUT2D eigenvalue weighted by atomic mass is 10.1. The van der Waals surface area contributed by atoms with Gasteiger partial charge >= 0.3 is 0 Å². The SMILES string of the molecule is NS(=O)(=O)Cc1c(F)cc(Oc2ncccc2-c2ccnc(N[C@@H]3CNC[C@@H](F)C3)n2)c(F)c1F. The van der Waals surface area contributed by atoms with Crippen molar-refractivity contribution in [3.8, 4) is 22.9 Å². The Balaban J connectivity index is 1.62. The van der Waals surface area contributed by atoms with Crippen molar-refractivity contribution in [3.63, 3.8) is 0 Å². The summed E-state index contributed by atoms with van der Waals surface area (Å²) in [6, 6.07) is 4.86. The maximum absolute atomic E-state index is 14.6. The first-order chi connectivity index (χ1) is 16.6. The zero-order chi connectivity index (χ0) is 25.2. The molecule has 0 bridgehead atoms. The van der Waals surface area contributed by atoms with Crippen LogP contribution in [-0.2, 0) is 15.8 Å². The Bertz CT molecular complexity index is 1340. The lowest BCUT2D eigenvalue weighted by molar-refractivity contribution is 0.254. The number of aromatic nitrogens is 3. The Labute approximate surface area is 197 Å². The molecule has 0 amide bonds. The van der Waals surface area contributed by atoms with E-state index in [1.165, 1.54) is 24.5 Å². The molecule has 2 atom stereocenters. The molecule has 4 N–H and O–H groups in total. The highest BCUT2D eigenvalue weighted by Crippen LogP contribution is 2.34. The van der Waals surface area contributed by atoms with Gasteiger partial charge in [-0.05, 0) is 18.2 Å². The molecule has 2 aromatic heterocycles. The normalized spacial score (nSPS) is 18.3. The number of nitrogens with zero attached hydrogens (tertiary/aromatic N) is 3.